The Morgan fingerprint density at radius 1 is 1.39 bits per heavy atom. The molecule has 2 aromatic rings. The maximum Gasteiger partial charge on any atom is 0.193 e. The molecule has 1 aliphatic rings. The summed E-state index contributed by atoms with van der Waals surface area (Å²) in [6.07, 6.45) is 0.999. The lowest BCUT2D eigenvalue weighted by atomic mass is 10.0. The molecule has 1 aliphatic heterocycles. The number of aromatic nitrogens is 1. The maximum absolute atomic E-state index is 6.04. The van der Waals surface area contributed by atoms with E-state index in [-0.39, 0.29) is 30.1 Å². The third-order valence-corrected chi connectivity index (χ3v) is 6.03. The van der Waals surface area contributed by atoms with Crippen molar-refractivity contribution in [1.29, 1.82) is 0 Å². The third kappa shape index (κ3) is 5.90. The first-order valence-corrected chi connectivity index (χ1v) is 10.5. The van der Waals surface area contributed by atoms with Gasteiger partial charge in [0.1, 0.15) is 6.10 Å². The Balaban J connectivity index is 0.00000280. The fraction of sp³-hybridized carbons (Fsp3) is 0.524. The lowest BCUT2D eigenvalue weighted by Crippen LogP contribution is -2.48. The topological polar surface area (TPSA) is 49.8 Å². The first-order valence-electron chi connectivity index (χ1n) is 9.65. The summed E-state index contributed by atoms with van der Waals surface area (Å²) < 4.78 is 6.04. The Labute approximate surface area is 189 Å². The Kier molecular flexibility index (Phi) is 9.17. The summed E-state index contributed by atoms with van der Waals surface area (Å²) in [5, 5.41) is 6.88. The molecule has 1 unspecified atom stereocenters. The Morgan fingerprint density at radius 2 is 2.18 bits per heavy atom. The van der Waals surface area contributed by atoms with Gasteiger partial charge in [-0.15, -0.1) is 35.3 Å². The van der Waals surface area contributed by atoms with Gasteiger partial charge in [-0.3, -0.25) is 4.99 Å². The van der Waals surface area contributed by atoms with E-state index in [0.717, 1.165) is 37.7 Å². The van der Waals surface area contributed by atoms with Crippen molar-refractivity contribution in [2.45, 2.75) is 39.2 Å². The molecule has 1 fully saturated rings. The highest BCUT2D eigenvalue weighted by atomic mass is 127. The Morgan fingerprint density at radius 3 is 2.86 bits per heavy atom. The van der Waals surface area contributed by atoms with Gasteiger partial charge in [0.05, 0.1) is 23.9 Å². The van der Waals surface area contributed by atoms with Crippen molar-refractivity contribution in [2.75, 3.05) is 33.3 Å². The quantitative estimate of drug-likeness (QED) is 0.366. The van der Waals surface area contributed by atoms with Crippen LogP contribution in [0.1, 0.15) is 47.7 Å². The first-order chi connectivity index (χ1) is 13.1. The van der Waals surface area contributed by atoms with E-state index in [1.807, 2.05) is 7.05 Å². The van der Waals surface area contributed by atoms with Crippen molar-refractivity contribution >= 4 is 41.3 Å². The summed E-state index contributed by atoms with van der Waals surface area (Å²) in [5.74, 6) is 1.44. The van der Waals surface area contributed by atoms with E-state index in [4.69, 9.17) is 9.72 Å². The van der Waals surface area contributed by atoms with Crippen LogP contribution >= 0.6 is 35.3 Å². The first kappa shape index (κ1) is 23.1. The van der Waals surface area contributed by atoms with Crippen LogP contribution in [0.5, 0.6) is 0 Å². The zero-order chi connectivity index (χ0) is 19.2. The molecule has 0 spiro atoms. The van der Waals surface area contributed by atoms with Crippen LogP contribution in [0.2, 0.25) is 0 Å². The second-order valence-corrected chi connectivity index (χ2v) is 8.11. The molecule has 1 saturated heterocycles. The molecule has 1 N–H and O–H groups in total. The lowest BCUT2D eigenvalue weighted by molar-refractivity contribution is -0.00829. The minimum Gasteiger partial charge on any atom is -0.370 e. The number of thiazole rings is 1. The van der Waals surface area contributed by atoms with Gasteiger partial charge in [0.2, 0.25) is 0 Å². The van der Waals surface area contributed by atoms with E-state index in [0.29, 0.717) is 12.5 Å². The van der Waals surface area contributed by atoms with E-state index in [1.165, 1.54) is 16.1 Å². The van der Waals surface area contributed by atoms with Gasteiger partial charge < -0.3 is 15.0 Å². The van der Waals surface area contributed by atoms with Crippen molar-refractivity contribution in [1.82, 2.24) is 15.2 Å². The Hall–Kier alpha value is -1.19. The molecular formula is C21H31IN4OS. The molecule has 0 aliphatic carbocycles. The summed E-state index contributed by atoms with van der Waals surface area (Å²) in [4.78, 5) is 11.5. The molecular weight excluding hydrogens is 483 g/mol. The van der Waals surface area contributed by atoms with E-state index in [1.54, 1.807) is 11.3 Å². The highest BCUT2D eigenvalue weighted by Crippen LogP contribution is 2.25. The summed E-state index contributed by atoms with van der Waals surface area (Å²) >= 11 is 1.75. The van der Waals surface area contributed by atoms with Crippen molar-refractivity contribution < 1.29 is 4.74 Å². The summed E-state index contributed by atoms with van der Waals surface area (Å²) in [6, 6.07) is 8.46. The number of aryl methyl sites for hydroxylation is 1. The van der Waals surface area contributed by atoms with Gasteiger partial charge in [0, 0.05) is 37.9 Å². The van der Waals surface area contributed by atoms with Gasteiger partial charge in [0.15, 0.2) is 5.96 Å². The number of morpholine rings is 1. The highest BCUT2D eigenvalue weighted by Gasteiger charge is 2.25. The molecule has 1 atom stereocenters. The number of halogens is 1. The molecule has 1 aromatic carbocycles. The number of nitrogens with one attached hydrogen (secondary N) is 1. The molecule has 0 saturated carbocycles. The molecule has 154 valence electrons. The van der Waals surface area contributed by atoms with E-state index in [2.05, 4.69) is 65.6 Å². The molecule has 7 heteroatoms. The molecule has 3 rings (SSSR count). The number of hydrogen-bond donors (Lipinski definition) is 1. The average Bonchev–Trinajstić information content (AvgIpc) is 3.15. The highest BCUT2D eigenvalue weighted by molar-refractivity contribution is 14.0. The molecule has 0 radical (unpaired) electrons. The van der Waals surface area contributed by atoms with Crippen LogP contribution < -0.4 is 5.32 Å². The second-order valence-electron chi connectivity index (χ2n) is 7.22. The van der Waals surface area contributed by atoms with E-state index in [9.17, 15) is 0 Å². The number of nitrogens with zero attached hydrogens (tertiary/aromatic N) is 3. The van der Waals surface area contributed by atoms with Crippen LogP contribution in [0.15, 0.2) is 34.6 Å². The zero-order valence-corrected chi connectivity index (χ0v) is 20.3. The Bertz CT molecular complexity index is 777. The normalized spacial score (nSPS) is 17.5. The van der Waals surface area contributed by atoms with Gasteiger partial charge in [0.25, 0.3) is 0 Å². The molecule has 5 nitrogen and oxygen atoms in total. The van der Waals surface area contributed by atoms with Crippen LogP contribution in [0.3, 0.4) is 0 Å². The van der Waals surface area contributed by atoms with Gasteiger partial charge in [-0.25, -0.2) is 4.98 Å². The monoisotopic (exact) mass is 514 g/mol. The van der Waals surface area contributed by atoms with Crippen molar-refractivity contribution in [2.24, 2.45) is 4.99 Å². The van der Waals surface area contributed by atoms with Gasteiger partial charge in [-0.2, -0.15) is 0 Å². The number of aliphatic imine (C=N–C) groups is 1. The van der Waals surface area contributed by atoms with Crippen LogP contribution in [0.25, 0.3) is 0 Å². The molecule has 1 aromatic heterocycles. The number of rotatable bonds is 5. The summed E-state index contributed by atoms with van der Waals surface area (Å²) in [7, 11) is 1.85. The fourth-order valence-electron chi connectivity index (χ4n) is 3.32. The fourth-order valence-corrected chi connectivity index (χ4v) is 4.18. The SMILES string of the molecule is CN=C(NCCc1csc(C(C)C)n1)N1CCOC(c2ccccc2C)C1.I. The largest absolute Gasteiger partial charge is 0.370 e. The maximum atomic E-state index is 6.04. The van der Waals surface area contributed by atoms with Crippen LogP contribution in [-0.4, -0.2) is 49.1 Å². The smallest absolute Gasteiger partial charge is 0.193 e. The number of guanidine groups is 1. The average molecular weight is 514 g/mol. The van der Waals surface area contributed by atoms with Gasteiger partial charge >= 0.3 is 0 Å². The number of hydrogen-bond acceptors (Lipinski definition) is 4. The number of benzene rings is 1. The predicted octanol–water partition coefficient (Wildman–Crippen LogP) is 4.38. The zero-order valence-electron chi connectivity index (χ0n) is 17.1. The summed E-state index contributed by atoms with van der Waals surface area (Å²) in [5.41, 5.74) is 3.70. The van der Waals surface area contributed by atoms with Crippen molar-refractivity contribution in [3.8, 4) is 0 Å². The minimum atomic E-state index is 0. The molecule has 28 heavy (non-hydrogen) atoms. The van der Waals surface area contributed by atoms with Gasteiger partial charge in [-0.1, -0.05) is 38.1 Å². The number of ether oxygens (including phenoxy) is 1. The minimum absolute atomic E-state index is 0. The van der Waals surface area contributed by atoms with E-state index < -0.39 is 0 Å². The lowest BCUT2D eigenvalue weighted by Gasteiger charge is -2.35. The van der Waals surface area contributed by atoms with Crippen LogP contribution in [-0.2, 0) is 11.2 Å². The molecule has 0 amide bonds. The van der Waals surface area contributed by atoms with E-state index >= 15 is 0 Å². The van der Waals surface area contributed by atoms with Crippen molar-refractivity contribution in [3.63, 3.8) is 0 Å². The molecule has 0 bridgehead atoms. The van der Waals surface area contributed by atoms with Gasteiger partial charge in [-0.05, 0) is 18.1 Å². The van der Waals surface area contributed by atoms with Crippen LogP contribution in [0.4, 0.5) is 0 Å². The van der Waals surface area contributed by atoms with Crippen LogP contribution in [0, 0.1) is 6.92 Å². The summed E-state index contributed by atoms with van der Waals surface area (Å²) in [6.45, 7) is 9.74. The standard InChI is InChI=1S/C21H30N4OS.HI/c1-15(2)20-24-17(14-27-20)9-10-23-21(22-4)25-11-12-26-19(13-25)18-8-6-5-7-16(18)3;/h5-8,14-15,19H,9-13H2,1-4H3,(H,22,23);1H. The van der Waals surface area contributed by atoms with Crippen molar-refractivity contribution in [3.05, 3.63) is 51.5 Å². The molecule has 2 heterocycles. The predicted molar refractivity (Wildman–Crippen MR) is 128 cm³/mol. The third-order valence-electron chi connectivity index (χ3n) is 4.84. The second kappa shape index (κ2) is 11.1.